The van der Waals surface area contributed by atoms with Gasteiger partial charge in [-0.1, -0.05) is 166 Å². The molecule has 1 heterocycles. The fourth-order valence-corrected chi connectivity index (χ4v) is 13.6. The van der Waals surface area contributed by atoms with Gasteiger partial charge in [0.2, 0.25) is 0 Å². The van der Waals surface area contributed by atoms with E-state index >= 15 is 0 Å². The Hall–Kier alpha value is -1.69. The van der Waals surface area contributed by atoms with Gasteiger partial charge in [0.1, 0.15) is 8.24 Å². The third-order valence-corrected chi connectivity index (χ3v) is 14.5. The van der Waals surface area contributed by atoms with Crippen LogP contribution in [0.25, 0.3) is 22.0 Å². The summed E-state index contributed by atoms with van der Waals surface area (Å²) in [6, 6.07) is 20.3. The van der Waals surface area contributed by atoms with E-state index in [2.05, 4.69) is 153 Å². The molecule has 2 aromatic carbocycles. The SMILES string of the molecule is CC(C)[C@H]1[N-]C2C(c3cccc(-c4ccccc4)c3)=CC=C[C@H]2N1[Si](C)(C)C1C2C=CC=CC2C2C=CC=CC21.[CH3-].[Cl][Ti][Cl]. The van der Waals surface area contributed by atoms with E-state index in [1.807, 2.05) is 0 Å². The summed E-state index contributed by atoms with van der Waals surface area (Å²) in [5.74, 6) is 2.90. The van der Waals surface area contributed by atoms with Crippen LogP contribution in [0, 0.1) is 37.0 Å². The van der Waals surface area contributed by atoms with Crippen molar-refractivity contribution >= 4 is 32.4 Å². The summed E-state index contributed by atoms with van der Waals surface area (Å²) < 4.78 is 2.95. The van der Waals surface area contributed by atoms with Crippen molar-refractivity contribution in [2.45, 2.75) is 50.7 Å². The molecule has 1 saturated carbocycles. The molecule has 2 fully saturated rings. The zero-order valence-corrected chi connectivity index (χ0v) is 30.5. The third kappa shape index (κ3) is 6.19. The molecule has 7 rings (SSSR count). The number of hydrogen-bond donors (Lipinski definition) is 0. The van der Waals surface area contributed by atoms with Crippen molar-refractivity contribution in [2.24, 2.45) is 29.6 Å². The number of benzene rings is 2. The topological polar surface area (TPSA) is 17.3 Å². The molecule has 0 bridgehead atoms. The van der Waals surface area contributed by atoms with Crippen LogP contribution in [0.5, 0.6) is 0 Å². The normalized spacial score (nSPS) is 31.4. The van der Waals surface area contributed by atoms with Gasteiger partial charge in [-0.05, 0) is 52.0 Å². The first-order valence-electron chi connectivity index (χ1n) is 15.6. The van der Waals surface area contributed by atoms with E-state index in [1.165, 1.54) is 22.3 Å². The van der Waals surface area contributed by atoms with Crippen LogP contribution in [0.4, 0.5) is 0 Å². The molecule has 6 heteroatoms. The quantitative estimate of drug-likeness (QED) is 0.228. The summed E-state index contributed by atoms with van der Waals surface area (Å²) in [7, 11) is 7.79. The van der Waals surface area contributed by atoms with Crippen LogP contribution in [-0.4, -0.2) is 31.1 Å². The van der Waals surface area contributed by atoms with Gasteiger partial charge in [-0.2, -0.15) is 0 Å². The van der Waals surface area contributed by atoms with Gasteiger partial charge in [0.15, 0.2) is 0 Å². The summed E-state index contributed by atoms with van der Waals surface area (Å²) >= 11 is -0.556. The number of fused-ring (bicyclic) bond motifs is 4. The molecule has 0 aromatic heterocycles. The number of allylic oxidation sites excluding steroid dienone is 10. The summed E-state index contributed by atoms with van der Waals surface area (Å²) in [6.45, 7) is 10.1. The van der Waals surface area contributed by atoms with E-state index in [-0.39, 0.29) is 19.6 Å². The van der Waals surface area contributed by atoms with Gasteiger partial charge in [-0.25, -0.2) is 0 Å². The van der Waals surface area contributed by atoms with Crippen LogP contribution in [-0.2, 0) is 17.0 Å². The second kappa shape index (κ2) is 14.4. The molecular formula is C38H44Cl2N2SiTi-2. The molecule has 0 radical (unpaired) electrons. The monoisotopic (exact) mass is 674 g/mol. The van der Waals surface area contributed by atoms with E-state index < -0.39 is 25.3 Å². The van der Waals surface area contributed by atoms with Crippen LogP contribution in [0.3, 0.4) is 0 Å². The van der Waals surface area contributed by atoms with Crippen molar-refractivity contribution in [2.75, 3.05) is 0 Å². The molecule has 2 nitrogen and oxygen atoms in total. The summed E-state index contributed by atoms with van der Waals surface area (Å²) in [5.41, 5.74) is 5.86. The van der Waals surface area contributed by atoms with Gasteiger partial charge in [0.05, 0.1) is 0 Å². The maximum atomic E-state index is 5.67. The van der Waals surface area contributed by atoms with E-state index in [9.17, 15) is 0 Å². The fourth-order valence-electron chi connectivity index (χ4n) is 8.62. The molecule has 5 aliphatic rings. The standard InChI is InChI=1S/C37H41N2Si.CH3.2ClH.Ti/c1-25(2)37-38-35-29(28-17-12-16-27(24-28)26-14-6-5-7-15-26)22-13-23-34(35)39(37)40(3,4)36-32-20-10-8-18-30(32)31-19-9-11-21-33(31)36;;;;/h5-25,30-37H,1-4H3;1H3;2*1H;/q2*-1;;;+2/p-2/t30?,31?,32?,33?,34-,35?,36?,37+;;;;/m1..../s1. The Balaban J connectivity index is 0.000000924. The average Bonchev–Trinajstić information content (AvgIpc) is 3.60. The first-order chi connectivity index (χ1) is 20.9. The zero-order valence-electron chi connectivity index (χ0n) is 26.4. The van der Waals surface area contributed by atoms with Crippen LogP contribution < -0.4 is 0 Å². The minimum absolute atomic E-state index is 0. The first kappa shape index (κ1) is 33.7. The van der Waals surface area contributed by atoms with Gasteiger partial charge in [0.25, 0.3) is 0 Å². The van der Waals surface area contributed by atoms with Gasteiger partial charge in [-0.3, -0.25) is 0 Å². The second-order valence-corrected chi connectivity index (χ2v) is 20.3. The van der Waals surface area contributed by atoms with Gasteiger partial charge < -0.3 is 17.3 Å². The Bertz CT molecular complexity index is 1440. The molecule has 0 N–H and O–H groups in total. The van der Waals surface area contributed by atoms with Crippen molar-refractivity contribution in [3.05, 3.63) is 140 Å². The molecular weight excluding hydrogens is 631 g/mol. The van der Waals surface area contributed by atoms with E-state index in [0.29, 0.717) is 41.2 Å². The Morgan fingerprint density at radius 2 is 1.27 bits per heavy atom. The maximum absolute atomic E-state index is 5.67. The van der Waals surface area contributed by atoms with Gasteiger partial charge >= 0.3 is 35.6 Å². The second-order valence-electron chi connectivity index (χ2n) is 13.2. The number of nitrogens with zero attached hydrogens (tertiary/aromatic N) is 2. The van der Waals surface area contributed by atoms with Crippen molar-refractivity contribution in [3.63, 3.8) is 0 Å². The molecule has 0 spiro atoms. The van der Waals surface area contributed by atoms with Crippen LogP contribution in [0.2, 0.25) is 18.6 Å². The van der Waals surface area contributed by atoms with Crippen LogP contribution in [0.15, 0.2) is 121 Å². The van der Waals surface area contributed by atoms with Crippen LogP contribution >= 0.6 is 18.6 Å². The van der Waals surface area contributed by atoms with Crippen molar-refractivity contribution in [1.82, 2.24) is 4.57 Å². The molecule has 44 heavy (non-hydrogen) atoms. The Labute approximate surface area is 283 Å². The summed E-state index contributed by atoms with van der Waals surface area (Å²) in [6.07, 6.45) is 26.6. The molecule has 7 atom stereocenters. The molecule has 4 aliphatic carbocycles. The van der Waals surface area contributed by atoms with E-state index in [1.54, 1.807) is 0 Å². The van der Waals surface area contributed by atoms with Crippen molar-refractivity contribution in [1.29, 1.82) is 0 Å². The molecule has 1 saturated heterocycles. The fraction of sp³-hybridized carbons (Fsp3) is 0.342. The number of halogens is 2. The summed E-state index contributed by atoms with van der Waals surface area (Å²) in [5, 5.41) is 5.67. The van der Waals surface area contributed by atoms with Crippen LogP contribution in [0.1, 0.15) is 19.4 Å². The minimum atomic E-state index is -1.99. The van der Waals surface area contributed by atoms with Crippen molar-refractivity contribution < 1.29 is 17.0 Å². The molecule has 1 aliphatic heterocycles. The Kier molecular flexibility index (Phi) is 11.0. The number of rotatable bonds is 5. The average molecular weight is 676 g/mol. The first-order valence-corrected chi connectivity index (χ1v) is 22.9. The van der Waals surface area contributed by atoms with Gasteiger partial charge in [0, 0.05) is 6.04 Å². The zero-order chi connectivity index (χ0) is 30.1. The molecule has 0 amide bonds. The molecule has 5 unspecified atom stereocenters. The third-order valence-electron chi connectivity index (χ3n) is 10.2. The predicted molar refractivity (Wildman–Crippen MR) is 190 cm³/mol. The molecule has 230 valence electrons. The van der Waals surface area contributed by atoms with Crippen molar-refractivity contribution in [3.8, 4) is 11.1 Å². The predicted octanol–water partition coefficient (Wildman–Crippen LogP) is 10.8. The number of hydrogen-bond acceptors (Lipinski definition) is 1. The van der Waals surface area contributed by atoms with E-state index in [0.717, 1.165) is 0 Å². The van der Waals surface area contributed by atoms with E-state index in [4.69, 9.17) is 23.9 Å². The Morgan fingerprint density at radius 3 is 1.86 bits per heavy atom. The van der Waals surface area contributed by atoms with Gasteiger partial charge in [-0.15, -0.1) is 0 Å². The summed E-state index contributed by atoms with van der Waals surface area (Å²) in [4.78, 5) is 0. The molecule has 2 aromatic rings. The Morgan fingerprint density at radius 1 is 0.727 bits per heavy atom.